The standard InChI is InChI=1S/C17H23FN2O2/c1-10-9-11(18)6-7-13(10)20-15(21)17(19)12-5-4-8-22-14(12)16(17,2)3/h6-7,9,12,14H,4-5,8,19H2,1-3H3,(H,20,21). The molecule has 1 aliphatic heterocycles. The van der Waals surface area contributed by atoms with Crippen LogP contribution in [0.2, 0.25) is 0 Å². The Labute approximate surface area is 130 Å². The number of nitrogens with one attached hydrogen (secondary N) is 1. The highest BCUT2D eigenvalue weighted by Crippen LogP contribution is 2.57. The molecule has 1 heterocycles. The van der Waals surface area contributed by atoms with Crippen molar-refractivity contribution in [1.82, 2.24) is 0 Å². The summed E-state index contributed by atoms with van der Waals surface area (Å²) in [7, 11) is 0. The fraction of sp³-hybridized carbons (Fsp3) is 0.588. The van der Waals surface area contributed by atoms with Gasteiger partial charge in [0, 0.05) is 23.6 Å². The van der Waals surface area contributed by atoms with Crippen molar-refractivity contribution in [3.63, 3.8) is 0 Å². The van der Waals surface area contributed by atoms with E-state index in [1.165, 1.54) is 12.1 Å². The first kappa shape index (κ1) is 15.4. The smallest absolute Gasteiger partial charge is 0.245 e. The molecule has 0 radical (unpaired) electrons. The number of aryl methyl sites for hydroxylation is 1. The summed E-state index contributed by atoms with van der Waals surface area (Å²) in [5, 5.41) is 2.88. The highest BCUT2D eigenvalue weighted by molar-refractivity contribution is 6.00. The fourth-order valence-electron chi connectivity index (χ4n) is 4.03. The normalized spacial score (nSPS) is 32.8. The Kier molecular flexibility index (Phi) is 3.53. The Morgan fingerprint density at radius 3 is 2.86 bits per heavy atom. The molecule has 22 heavy (non-hydrogen) atoms. The van der Waals surface area contributed by atoms with Crippen LogP contribution in [0.4, 0.5) is 10.1 Å². The van der Waals surface area contributed by atoms with Crippen molar-refractivity contribution in [2.75, 3.05) is 11.9 Å². The summed E-state index contributed by atoms with van der Waals surface area (Å²) in [6, 6.07) is 4.31. The molecule has 3 N–H and O–H groups in total. The lowest BCUT2D eigenvalue weighted by atomic mass is 9.46. The van der Waals surface area contributed by atoms with Crippen molar-refractivity contribution in [1.29, 1.82) is 0 Å². The van der Waals surface area contributed by atoms with Gasteiger partial charge in [0.1, 0.15) is 11.4 Å². The molecule has 120 valence electrons. The monoisotopic (exact) mass is 306 g/mol. The summed E-state index contributed by atoms with van der Waals surface area (Å²) in [6.07, 6.45) is 1.87. The molecular formula is C17H23FN2O2. The topological polar surface area (TPSA) is 64.4 Å². The summed E-state index contributed by atoms with van der Waals surface area (Å²) < 4.78 is 19.0. The van der Waals surface area contributed by atoms with E-state index in [1.54, 1.807) is 13.0 Å². The second-order valence-corrected chi connectivity index (χ2v) is 7.04. The van der Waals surface area contributed by atoms with Crippen molar-refractivity contribution in [3.8, 4) is 0 Å². The van der Waals surface area contributed by atoms with E-state index in [0.717, 1.165) is 19.4 Å². The molecule has 0 aromatic heterocycles. The minimum Gasteiger partial charge on any atom is -0.377 e. The number of anilines is 1. The molecule has 1 amide bonds. The highest BCUT2D eigenvalue weighted by atomic mass is 19.1. The average Bonchev–Trinajstić information content (AvgIpc) is 2.49. The van der Waals surface area contributed by atoms with Gasteiger partial charge >= 0.3 is 0 Å². The van der Waals surface area contributed by atoms with Gasteiger partial charge in [-0.3, -0.25) is 4.79 Å². The van der Waals surface area contributed by atoms with Crippen molar-refractivity contribution < 1.29 is 13.9 Å². The second-order valence-electron chi connectivity index (χ2n) is 7.04. The fourth-order valence-corrected chi connectivity index (χ4v) is 4.03. The highest BCUT2D eigenvalue weighted by Gasteiger charge is 2.70. The van der Waals surface area contributed by atoms with Crippen molar-refractivity contribution >= 4 is 11.6 Å². The Morgan fingerprint density at radius 2 is 2.18 bits per heavy atom. The van der Waals surface area contributed by atoms with Gasteiger partial charge in [0.25, 0.3) is 0 Å². The molecule has 1 aliphatic carbocycles. The van der Waals surface area contributed by atoms with E-state index in [-0.39, 0.29) is 23.7 Å². The number of carbonyl (C=O) groups excluding carboxylic acids is 1. The number of hydrogen-bond donors (Lipinski definition) is 2. The molecule has 5 heteroatoms. The van der Waals surface area contributed by atoms with Crippen LogP contribution in [0.5, 0.6) is 0 Å². The number of rotatable bonds is 2. The zero-order valence-corrected chi connectivity index (χ0v) is 13.3. The average molecular weight is 306 g/mol. The van der Waals surface area contributed by atoms with E-state index in [4.69, 9.17) is 10.5 Å². The van der Waals surface area contributed by atoms with Crippen LogP contribution >= 0.6 is 0 Å². The van der Waals surface area contributed by atoms with Gasteiger partial charge < -0.3 is 15.8 Å². The van der Waals surface area contributed by atoms with Crippen molar-refractivity contribution in [3.05, 3.63) is 29.6 Å². The summed E-state index contributed by atoms with van der Waals surface area (Å²) >= 11 is 0. The van der Waals surface area contributed by atoms with E-state index in [1.807, 2.05) is 13.8 Å². The first-order valence-corrected chi connectivity index (χ1v) is 7.76. The lowest BCUT2D eigenvalue weighted by Crippen LogP contribution is -2.81. The zero-order chi connectivity index (χ0) is 16.1. The van der Waals surface area contributed by atoms with Crippen LogP contribution in [-0.4, -0.2) is 24.2 Å². The van der Waals surface area contributed by atoms with Crippen molar-refractivity contribution in [2.45, 2.75) is 45.3 Å². The summed E-state index contributed by atoms with van der Waals surface area (Å²) in [5.74, 6) is -0.487. The largest absolute Gasteiger partial charge is 0.377 e. The number of benzene rings is 1. The van der Waals surface area contributed by atoms with Gasteiger partial charge in [0.05, 0.1) is 6.10 Å². The van der Waals surface area contributed by atoms with Gasteiger partial charge in [-0.25, -0.2) is 4.39 Å². The molecule has 1 saturated heterocycles. The maximum absolute atomic E-state index is 13.2. The molecule has 1 saturated carbocycles. The third-order valence-corrected chi connectivity index (χ3v) is 5.50. The summed E-state index contributed by atoms with van der Waals surface area (Å²) in [5.41, 5.74) is 6.45. The van der Waals surface area contributed by atoms with Crippen LogP contribution in [0.15, 0.2) is 18.2 Å². The van der Waals surface area contributed by atoms with E-state index >= 15 is 0 Å². The first-order valence-electron chi connectivity index (χ1n) is 7.76. The van der Waals surface area contributed by atoms with Gasteiger partial charge in [0.15, 0.2) is 0 Å². The molecule has 3 atom stereocenters. The summed E-state index contributed by atoms with van der Waals surface area (Å²) in [4.78, 5) is 12.8. The van der Waals surface area contributed by atoms with Crippen LogP contribution in [0, 0.1) is 24.1 Å². The minimum absolute atomic E-state index is 0.0336. The maximum Gasteiger partial charge on any atom is 0.245 e. The third kappa shape index (κ3) is 1.99. The Hall–Kier alpha value is -1.46. The summed E-state index contributed by atoms with van der Waals surface area (Å²) in [6.45, 7) is 6.47. The number of nitrogens with two attached hydrogens (primary N) is 1. The number of ether oxygens (including phenoxy) is 1. The lowest BCUT2D eigenvalue weighted by molar-refractivity contribution is -0.222. The first-order chi connectivity index (χ1) is 10.3. The number of hydrogen-bond acceptors (Lipinski definition) is 3. The molecule has 2 aliphatic rings. The number of amides is 1. The molecule has 1 aromatic carbocycles. The van der Waals surface area contributed by atoms with Crippen LogP contribution in [0.3, 0.4) is 0 Å². The van der Waals surface area contributed by atoms with Crippen LogP contribution < -0.4 is 11.1 Å². The molecule has 4 nitrogen and oxygen atoms in total. The number of carbonyl (C=O) groups is 1. The lowest BCUT2D eigenvalue weighted by Gasteiger charge is -2.65. The Balaban J connectivity index is 1.84. The van der Waals surface area contributed by atoms with Crippen molar-refractivity contribution in [2.24, 2.45) is 17.1 Å². The second kappa shape index (κ2) is 5.03. The SMILES string of the molecule is Cc1cc(F)ccc1NC(=O)C1(N)C2CCCOC2C1(C)C. The Morgan fingerprint density at radius 1 is 1.45 bits per heavy atom. The molecule has 3 rings (SSSR count). The van der Waals surface area contributed by atoms with Crippen LogP contribution in [-0.2, 0) is 9.53 Å². The van der Waals surface area contributed by atoms with Crippen LogP contribution in [0.25, 0.3) is 0 Å². The number of fused-ring (bicyclic) bond motifs is 1. The minimum atomic E-state index is -0.959. The molecule has 1 aromatic rings. The number of halogens is 1. The van der Waals surface area contributed by atoms with Gasteiger partial charge in [0.2, 0.25) is 5.91 Å². The molecule has 3 unspecified atom stereocenters. The molecule has 0 spiro atoms. The van der Waals surface area contributed by atoms with Gasteiger partial charge in [-0.1, -0.05) is 13.8 Å². The molecule has 2 fully saturated rings. The quantitative estimate of drug-likeness (QED) is 0.883. The van der Waals surface area contributed by atoms with Crippen LogP contribution in [0.1, 0.15) is 32.3 Å². The molecule has 0 bridgehead atoms. The predicted octanol–water partition coefficient (Wildman–Crippen LogP) is 2.61. The van der Waals surface area contributed by atoms with E-state index < -0.39 is 11.0 Å². The van der Waals surface area contributed by atoms with Gasteiger partial charge in [-0.05, 0) is 43.5 Å². The van der Waals surface area contributed by atoms with E-state index in [0.29, 0.717) is 11.3 Å². The van der Waals surface area contributed by atoms with E-state index in [2.05, 4.69) is 5.32 Å². The molecular weight excluding hydrogens is 283 g/mol. The third-order valence-electron chi connectivity index (χ3n) is 5.50. The maximum atomic E-state index is 13.2. The Bertz CT molecular complexity index is 617. The predicted molar refractivity (Wildman–Crippen MR) is 82.9 cm³/mol. The van der Waals surface area contributed by atoms with E-state index in [9.17, 15) is 9.18 Å². The van der Waals surface area contributed by atoms with Gasteiger partial charge in [-0.15, -0.1) is 0 Å². The van der Waals surface area contributed by atoms with Gasteiger partial charge in [-0.2, -0.15) is 0 Å². The zero-order valence-electron chi connectivity index (χ0n) is 13.3.